The highest BCUT2D eigenvalue weighted by Gasteiger charge is 2.31. The van der Waals surface area contributed by atoms with Crippen molar-refractivity contribution < 1.29 is 22.8 Å². The van der Waals surface area contributed by atoms with Crippen LogP contribution in [-0.4, -0.2) is 39.6 Å². The van der Waals surface area contributed by atoms with E-state index in [4.69, 9.17) is 0 Å². The summed E-state index contributed by atoms with van der Waals surface area (Å²) in [5.41, 5.74) is 0.485. The van der Waals surface area contributed by atoms with Crippen LogP contribution in [0.15, 0.2) is 41.9 Å². The Morgan fingerprint density at radius 2 is 1.96 bits per heavy atom. The molecular formula is C18H16F3N5O2. The van der Waals surface area contributed by atoms with Crippen molar-refractivity contribution in [2.24, 2.45) is 5.10 Å². The summed E-state index contributed by atoms with van der Waals surface area (Å²) in [5.74, 6) is -0.344. The summed E-state index contributed by atoms with van der Waals surface area (Å²) in [4.78, 5) is 31.3. The summed E-state index contributed by atoms with van der Waals surface area (Å²) in [6.45, 7) is 0. The lowest BCUT2D eigenvalue weighted by molar-refractivity contribution is -0.138. The standard InChI is InChI=1S/C18H16F3N5O2/c1-26-16(27)5-3-14(25-26)17(28)24-15-4-2-11(9-23-15)6-12-7-13(10-22-8-12)18(19,20)21/h2,4,7-10H,3,5-6H2,1H3,(H,23,24,28). The quantitative estimate of drug-likeness (QED) is 0.868. The minimum absolute atomic E-state index is 0.164. The molecule has 0 bridgehead atoms. The molecule has 2 aromatic rings. The second-order valence-corrected chi connectivity index (χ2v) is 6.23. The molecule has 146 valence electrons. The topological polar surface area (TPSA) is 87.6 Å². The Kier molecular flexibility index (Phi) is 5.39. The number of anilines is 1. The van der Waals surface area contributed by atoms with Crippen molar-refractivity contribution in [2.45, 2.75) is 25.4 Å². The van der Waals surface area contributed by atoms with Gasteiger partial charge >= 0.3 is 6.18 Å². The van der Waals surface area contributed by atoms with Gasteiger partial charge in [-0.05, 0) is 23.3 Å². The zero-order valence-corrected chi connectivity index (χ0v) is 14.8. The minimum Gasteiger partial charge on any atom is -0.305 e. The molecule has 28 heavy (non-hydrogen) atoms. The number of nitrogens with zero attached hydrogens (tertiary/aromatic N) is 4. The predicted octanol–water partition coefficient (Wildman–Crippen LogP) is 2.63. The molecule has 3 heterocycles. The largest absolute Gasteiger partial charge is 0.417 e. The van der Waals surface area contributed by atoms with E-state index in [1.54, 1.807) is 12.1 Å². The van der Waals surface area contributed by atoms with E-state index in [2.05, 4.69) is 20.4 Å². The van der Waals surface area contributed by atoms with Crippen LogP contribution in [0.4, 0.5) is 19.0 Å². The number of hydrogen-bond acceptors (Lipinski definition) is 5. The Labute approximate surface area is 158 Å². The highest BCUT2D eigenvalue weighted by atomic mass is 19.4. The lowest BCUT2D eigenvalue weighted by Gasteiger charge is -2.18. The van der Waals surface area contributed by atoms with Gasteiger partial charge in [0.2, 0.25) is 5.91 Å². The van der Waals surface area contributed by atoms with Gasteiger partial charge in [0.1, 0.15) is 11.5 Å². The molecule has 0 unspecified atom stereocenters. The minimum atomic E-state index is -4.45. The lowest BCUT2D eigenvalue weighted by Crippen LogP contribution is -2.34. The van der Waals surface area contributed by atoms with E-state index in [0.717, 1.165) is 17.3 Å². The van der Waals surface area contributed by atoms with E-state index >= 15 is 0 Å². The highest BCUT2D eigenvalue weighted by Crippen LogP contribution is 2.29. The van der Waals surface area contributed by atoms with Crippen LogP contribution in [0, 0.1) is 0 Å². The first-order valence-electron chi connectivity index (χ1n) is 8.34. The van der Waals surface area contributed by atoms with Crippen molar-refractivity contribution in [3.63, 3.8) is 0 Å². The molecule has 2 aromatic heterocycles. The number of alkyl halides is 3. The van der Waals surface area contributed by atoms with Gasteiger partial charge in [-0.2, -0.15) is 18.3 Å². The van der Waals surface area contributed by atoms with Crippen LogP contribution in [0.3, 0.4) is 0 Å². The number of amides is 2. The fraction of sp³-hybridized carbons (Fsp3) is 0.278. The van der Waals surface area contributed by atoms with Crippen molar-refractivity contribution >= 4 is 23.3 Å². The summed E-state index contributed by atoms with van der Waals surface area (Å²) in [7, 11) is 1.48. The van der Waals surface area contributed by atoms with Crippen molar-refractivity contribution in [2.75, 3.05) is 12.4 Å². The van der Waals surface area contributed by atoms with Gasteiger partial charge in [0.25, 0.3) is 5.91 Å². The number of aromatic nitrogens is 2. The van der Waals surface area contributed by atoms with Crippen molar-refractivity contribution in [1.82, 2.24) is 15.0 Å². The molecule has 1 aliphatic heterocycles. The van der Waals surface area contributed by atoms with Gasteiger partial charge in [0.05, 0.1) is 5.56 Å². The van der Waals surface area contributed by atoms with Crippen LogP contribution in [0.1, 0.15) is 29.5 Å². The van der Waals surface area contributed by atoms with Gasteiger partial charge in [-0.1, -0.05) is 6.07 Å². The number of rotatable bonds is 4. The van der Waals surface area contributed by atoms with Gasteiger partial charge in [-0.25, -0.2) is 9.99 Å². The van der Waals surface area contributed by atoms with Gasteiger partial charge in [-0.3, -0.25) is 14.6 Å². The molecule has 0 saturated carbocycles. The molecule has 2 amide bonds. The molecule has 1 N–H and O–H groups in total. The van der Waals surface area contributed by atoms with E-state index < -0.39 is 17.6 Å². The smallest absolute Gasteiger partial charge is 0.305 e. The fourth-order valence-electron chi connectivity index (χ4n) is 2.60. The molecule has 1 aliphatic rings. The number of halogens is 3. The SMILES string of the molecule is CN1N=C(C(=O)Nc2ccc(Cc3cncc(C(F)(F)F)c3)cn2)CCC1=O. The number of hydrazone groups is 1. The molecular weight excluding hydrogens is 375 g/mol. The summed E-state index contributed by atoms with van der Waals surface area (Å²) < 4.78 is 38.3. The third-order valence-electron chi connectivity index (χ3n) is 4.07. The maximum absolute atomic E-state index is 12.8. The molecule has 0 radical (unpaired) electrons. The molecule has 0 fully saturated rings. The second-order valence-electron chi connectivity index (χ2n) is 6.23. The Bertz CT molecular complexity index is 926. The Morgan fingerprint density at radius 1 is 1.18 bits per heavy atom. The van der Waals surface area contributed by atoms with Gasteiger partial charge in [0.15, 0.2) is 0 Å². The summed E-state index contributed by atoms with van der Waals surface area (Å²) in [6.07, 6.45) is -0.166. The van der Waals surface area contributed by atoms with E-state index in [-0.39, 0.29) is 36.7 Å². The third kappa shape index (κ3) is 4.70. The highest BCUT2D eigenvalue weighted by molar-refractivity contribution is 6.43. The molecule has 0 atom stereocenters. The number of hydrogen-bond donors (Lipinski definition) is 1. The molecule has 7 nitrogen and oxygen atoms in total. The number of carbonyl (C=O) groups is 2. The first-order chi connectivity index (χ1) is 13.2. The van der Waals surface area contributed by atoms with Crippen LogP contribution in [0.2, 0.25) is 0 Å². The summed E-state index contributed by atoms with van der Waals surface area (Å²) >= 11 is 0. The predicted molar refractivity (Wildman–Crippen MR) is 94.4 cm³/mol. The van der Waals surface area contributed by atoms with E-state index in [1.165, 1.54) is 19.4 Å². The fourth-order valence-corrected chi connectivity index (χ4v) is 2.60. The molecule has 10 heteroatoms. The van der Waals surface area contributed by atoms with Crippen molar-refractivity contribution in [3.8, 4) is 0 Å². The maximum atomic E-state index is 12.8. The first kappa shape index (κ1) is 19.5. The molecule has 0 aromatic carbocycles. The van der Waals surface area contributed by atoms with E-state index in [9.17, 15) is 22.8 Å². The first-order valence-corrected chi connectivity index (χ1v) is 8.34. The van der Waals surface area contributed by atoms with Crippen LogP contribution >= 0.6 is 0 Å². The van der Waals surface area contributed by atoms with Crippen LogP contribution < -0.4 is 5.32 Å². The number of carbonyl (C=O) groups excluding carboxylic acids is 2. The summed E-state index contributed by atoms with van der Waals surface area (Å²) in [5, 5.41) is 7.63. The molecule has 3 rings (SSSR count). The summed E-state index contributed by atoms with van der Waals surface area (Å²) in [6, 6.07) is 4.25. The zero-order valence-electron chi connectivity index (χ0n) is 14.8. The van der Waals surface area contributed by atoms with Gasteiger partial charge in [0, 0.05) is 44.9 Å². The number of nitrogens with one attached hydrogen (secondary N) is 1. The second kappa shape index (κ2) is 7.75. The molecule has 0 aliphatic carbocycles. The Hall–Kier alpha value is -3.30. The molecule has 0 spiro atoms. The average Bonchev–Trinajstić information content (AvgIpc) is 2.65. The van der Waals surface area contributed by atoms with Crippen LogP contribution in [0.5, 0.6) is 0 Å². The lowest BCUT2D eigenvalue weighted by atomic mass is 10.1. The maximum Gasteiger partial charge on any atom is 0.417 e. The zero-order chi connectivity index (χ0) is 20.3. The number of pyridine rings is 2. The Morgan fingerprint density at radius 3 is 2.61 bits per heavy atom. The monoisotopic (exact) mass is 391 g/mol. The van der Waals surface area contributed by atoms with Gasteiger partial charge < -0.3 is 5.32 Å². The van der Waals surface area contributed by atoms with E-state index in [1.807, 2.05) is 0 Å². The van der Waals surface area contributed by atoms with Gasteiger partial charge in [-0.15, -0.1) is 0 Å². The molecule has 0 saturated heterocycles. The third-order valence-corrected chi connectivity index (χ3v) is 4.07. The Balaban J connectivity index is 1.65. The van der Waals surface area contributed by atoms with Crippen molar-refractivity contribution in [1.29, 1.82) is 0 Å². The van der Waals surface area contributed by atoms with Crippen LogP contribution in [-0.2, 0) is 22.2 Å². The van der Waals surface area contributed by atoms with Crippen molar-refractivity contribution in [3.05, 3.63) is 53.5 Å². The normalized spacial score (nSPS) is 14.6. The van der Waals surface area contributed by atoms with E-state index in [0.29, 0.717) is 11.1 Å². The van der Waals surface area contributed by atoms with Crippen LogP contribution in [0.25, 0.3) is 0 Å². The average molecular weight is 391 g/mol.